The van der Waals surface area contributed by atoms with E-state index in [1.807, 2.05) is 0 Å². The molecule has 0 radical (unpaired) electrons. The molecule has 0 aliphatic heterocycles. The molecule has 0 saturated heterocycles. The maximum Gasteiger partial charge on any atom is 0.239 e. The number of anilines is 2. The third-order valence-corrected chi connectivity index (χ3v) is 5.79. The topological polar surface area (TPSA) is 98.5 Å². The van der Waals surface area contributed by atoms with Gasteiger partial charge in [0.25, 0.3) is 0 Å². The number of nitrogen functional groups attached to an aromatic ring is 1. The van der Waals surface area contributed by atoms with Crippen LogP contribution in [0, 0.1) is 0 Å². The Hall–Kier alpha value is -1.76. The van der Waals surface area contributed by atoms with Gasteiger partial charge in [0, 0.05) is 5.69 Å². The molecule has 116 valence electrons. The van der Waals surface area contributed by atoms with Crippen LogP contribution in [-0.2, 0) is 14.6 Å². The second kappa shape index (κ2) is 6.34. The molecule has 1 aromatic carbocycles. The van der Waals surface area contributed by atoms with Gasteiger partial charge < -0.3 is 15.8 Å². The molecule has 1 aromatic rings. The fourth-order valence-corrected chi connectivity index (χ4v) is 4.28. The second-order valence-corrected chi connectivity index (χ2v) is 7.50. The van der Waals surface area contributed by atoms with Gasteiger partial charge in [0.1, 0.15) is 11.5 Å². The Morgan fingerprint density at radius 3 is 2.67 bits per heavy atom. The molecule has 21 heavy (non-hydrogen) atoms. The lowest BCUT2D eigenvalue weighted by Gasteiger charge is -2.13. The molecule has 1 fully saturated rings. The first-order valence-corrected chi connectivity index (χ1v) is 8.59. The number of rotatable bonds is 5. The minimum absolute atomic E-state index is 0.379. The zero-order chi connectivity index (χ0) is 15.5. The first kappa shape index (κ1) is 15.6. The van der Waals surface area contributed by atoms with E-state index in [0.717, 1.165) is 12.8 Å². The van der Waals surface area contributed by atoms with Crippen molar-refractivity contribution in [1.29, 1.82) is 0 Å². The Balaban J connectivity index is 2.06. The van der Waals surface area contributed by atoms with Gasteiger partial charge in [-0.3, -0.25) is 4.79 Å². The first-order valence-electron chi connectivity index (χ1n) is 6.87. The number of amides is 1. The van der Waals surface area contributed by atoms with Crippen molar-refractivity contribution >= 4 is 27.1 Å². The molecular weight excluding hydrogens is 292 g/mol. The molecule has 1 aliphatic rings. The van der Waals surface area contributed by atoms with Crippen molar-refractivity contribution in [3.05, 3.63) is 18.2 Å². The highest BCUT2D eigenvalue weighted by Gasteiger charge is 2.30. The lowest BCUT2D eigenvalue weighted by Crippen LogP contribution is -2.29. The molecule has 0 aromatic heterocycles. The van der Waals surface area contributed by atoms with Crippen LogP contribution >= 0.6 is 0 Å². The van der Waals surface area contributed by atoms with Crippen molar-refractivity contribution in [1.82, 2.24) is 0 Å². The molecule has 0 spiro atoms. The van der Waals surface area contributed by atoms with E-state index in [-0.39, 0.29) is 5.25 Å². The van der Waals surface area contributed by atoms with E-state index in [2.05, 4.69) is 5.32 Å². The molecule has 1 amide bonds. The Morgan fingerprint density at radius 1 is 1.38 bits per heavy atom. The lowest BCUT2D eigenvalue weighted by molar-refractivity contribution is -0.113. The number of methoxy groups -OCH3 is 1. The third kappa shape index (κ3) is 3.87. The summed E-state index contributed by atoms with van der Waals surface area (Å²) in [5.74, 6) is -0.628. The fraction of sp³-hybridized carbons (Fsp3) is 0.500. The van der Waals surface area contributed by atoms with Crippen LogP contribution in [0.3, 0.4) is 0 Å². The van der Waals surface area contributed by atoms with Gasteiger partial charge in [-0.15, -0.1) is 0 Å². The predicted molar refractivity (Wildman–Crippen MR) is 82.1 cm³/mol. The average Bonchev–Trinajstić information content (AvgIpc) is 2.92. The largest absolute Gasteiger partial charge is 0.495 e. The van der Waals surface area contributed by atoms with Crippen LogP contribution in [0.15, 0.2) is 18.2 Å². The Labute approximate surface area is 124 Å². The van der Waals surface area contributed by atoms with Crippen LogP contribution in [0.4, 0.5) is 11.4 Å². The van der Waals surface area contributed by atoms with Crippen molar-refractivity contribution in [3.63, 3.8) is 0 Å². The summed E-state index contributed by atoms with van der Waals surface area (Å²) in [6.45, 7) is 0. The monoisotopic (exact) mass is 312 g/mol. The molecular formula is C14H20N2O4S. The number of ether oxygens (including phenoxy) is 1. The van der Waals surface area contributed by atoms with E-state index in [9.17, 15) is 13.2 Å². The summed E-state index contributed by atoms with van der Waals surface area (Å²) in [5.41, 5.74) is 6.50. The van der Waals surface area contributed by atoms with Crippen LogP contribution < -0.4 is 15.8 Å². The van der Waals surface area contributed by atoms with Gasteiger partial charge in [0.05, 0.1) is 18.0 Å². The molecule has 0 atom stereocenters. The number of benzene rings is 1. The number of nitrogens with two attached hydrogens (primary N) is 1. The summed E-state index contributed by atoms with van der Waals surface area (Å²) in [7, 11) is -1.92. The second-order valence-electron chi connectivity index (χ2n) is 5.22. The predicted octanol–water partition coefficient (Wildman–Crippen LogP) is 1.57. The molecule has 0 heterocycles. The average molecular weight is 312 g/mol. The summed E-state index contributed by atoms with van der Waals surface area (Å²) < 4.78 is 29.4. The Kier molecular flexibility index (Phi) is 4.72. The Bertz CT molecular complexity index is 622. The highest BCUT2D eigenvalue weighted by Crippen LogP contribution is 2.28. The number of hydrogen-bond acceptors (Lipinski definition) is 5. The van der Waals surface area contributed by atoms with Gasteiger partial charge in [-0.05, 0) is 31.0 Å². The van der Waals surface area contributed by atoms with Gasteiger partial charge >= 0.3 is 0 Å². The van der Waals surface area contributed by atoms with Crippen molar-refractivity contribution in [2.45, 2.75) is 30.9 Å². The highest BCUT2D eigenvalue weighted by atomic mass is 32.2. The molecule has 0 bridgehead atoms. The standard InChI is InChI=1S/C14H20N2O4S/c1-20-13-7-6-10(15)8-12(13)16-14(17)9-21(18,19)11-4-2-3-5-11/h6-8,11H,2-5,9,15H2,1H3,(H,16,17). The smallest absolute Gasteiger partial charge is 0.239 e. The number of hydrogen-bond donors (Lipinski definition) is 2. The summed E-state index contributed by atoms with van der Waals surface area (Å²) in [5, 5.41) is 2.18. The minimum atomic E-state index is -3.39. The van der Waals surface area contributed by atoms with Crippen LogP contribution in [0.25, 0.3) is 0 Å². The SMILES string of the molecule is COc1ccc(N)cc1NC(=O)CS(=O)(=O)C1CCCC1. The van der Waals surface area contributed by atoms with Gasteiger partial charge in [0.2, 0.25) is 5.91 Å². The lowest BCUT2D eigenvalue weighted by atomic mass is 10.2. The first-order chi connectivity index (χ1) is 9.92. The fourth-order valence-electron chi connectivity index (χ4n) is 2.56. The van der Waals surface area contributed by atoms with E-state index < -0.39 is 21.5 Å². The molecule has 0 unspecified atom stereocenters. The summed E-state index contributed by atoms with van der Waals surface area (Å²) in [4.78, 5) is 12.0. The van der Waals surface area contributed by atoms with Gasteiger partial charge in [0.15, 0.2) is 9.84 Å². The third-order valence-electron chi connectivity index (χ3n) is 3.64. The number of nitrogens with one attached hydrogen (secondary N) is 1. The van der Waals surface area contributed by atoms with Crippen molar-refractivity contribution < 1.29 is 17.9 Å². The van der Waals surface area contributed by atoms with Crippen LogP contribution in [0.1, 0.15) is 25.7 Å². The van der Waals surface area contributed by atoms with Crippen LogP contribution in [-0.4, -0.2) is 32.4 Å². The molecule has 2 rings (SSSR count). The minimum Gasteiger partial charge on any atom is -0.495 e. The van der Waals surface area contributed by atoms with E-state index in [4.69, 9.17) is 10.5 Å². The molecule has 1 saturated carbocycles. The quantitative estimate of drug-likeness (QED) is 0.804. The van der Waals surface area contributed by atoms with Crippen molar-refractivity contribution in [3.8, 4) is 5.75 Å². The summed E-state index contributed by atoms with van der Waals surface area (Å²) >= 11 is 0. The molecule has 7 heteroatoms. The van der Waals surface area contributed by atoms with Gasteiger partial charge in [-0.2, -0.15) is 0 Å². The maximum absolute atomic E-state index is 12.1. The maximum atomic E-state index is 12.1. The number of carbonyl (C=O) groups is 1. The van der Waals surface area contributed by atoms with E-state index in [1.165, 1.54) is 7.11 Å². The van der Waals surface area contributed by atoms with E-state index >= 15 is 0 Å². The van der Waals surface area contributed by atoms with Crippen LogP contribution in [0.5, 0.6) is 5.75 Å². The van der Waals surface area contributed by atoms with E-state index in [1.54, 1.807) is 18.2 Å². The molecule has 6 nitrogen and oxygen atoms in total. The van der Waals surface area contributed by atoms with Crippen molar-refractivity contribution in [2.24, 2.45) is 0 Å². The molecule has 3 N–H and O–H groups in total. The zero-order valence-electron chi connectivity index (χ0n) is 12.0. The summed E-state index contributed by atoms with van der Waals surface area (Å²) in [6, 6.07) is 4.80. The van der Waals surface area contributed by atoms with Crippen molar-refractivity contribution in [2.75, 3.05) is 23.9 Å². The highest BCUT2D eigenvalue weighted by molar-refractivity contribution is 7.92. The Morgan fingerprint density at radius 2 is 2.05 bits per heavy atom. The van der Waals surface area contributed by atoms with E-state index in [0.29, 0.717) is 30.0 Å². The normalized spacial score (nSPS) is 15.9. The summed E-state index contributed by atoms with van der Waals surface area (Å²) in [6.07, 6.45) is 3.12. The van der Waals surface area contributed by atoms with Crippen LogP contribution in [0.2, 0.25) is 0 Å². The number of sulfone groups is 1. The van der Waals surface area contributed by atoms with Gasteiger partial charge in [-0.1, -0.05) is 12.8 Å². The number of carbonyl (C=O) groups excluding carboxylic acids is 1. The van der Waals surface area contributed by atoms with Gasteiger partial charge in [-0.25, -0.2) is 8.42 Å². The molecule has 1 aliphatic carbocycles. The zero-order valence-corrected chi connectivity index (χ0v) is 12.8.